The van der Waals surface area contributed by atoms with Gasteiger partial charge in [-0.25, -0.2) is 8.42 Å². The Labute approximate surface area is 166 Å². The maximum Gasteiger partial charge on any atom is 0.265 e. The van der Waals surface area contributed by atoms with Gasteiger partial charge in [0.1, 0.15) is 5.75 Å². The third-order valence-corrected chi connectivity index (χ3v) is 5.96. The molecule has 150 valence electrons. The second-order valence-electron chi connectivity index (χ2n) is 7.43. The maximum atomic E-state index is 12.9. The molecule has 0 radical (unpaired) electrons. The summed E-state index contributed by atoms with van der Waals surface area (Å²) in [7, 11) is -3.48. The fourth-order valence-corrected chi connectivity index (χ4v) is 4.28. The van der Waals surface area contributed by atoms with Crippen LogP contribution in [0.2, 0.25) is 0 Å². The Kier molecular flexibility index (Phi) is 5.65. The minimum atomic E-state index is -3.48. The summed E-state index contributed by atoms with van der Waals surface area (Å²) < 4.78 is 31.8. The van der Waals surface area contributed by atoms with Crippen molar-refractivity contribution in [2.24, 2.45) is 0 Å². The molecule has 0 saturated carbocycles. The van der Waals surface area contributed by atoms with E-state index in [1.807, 2.05) is 37.3 Å². The molecule has 6 nitrogen and oxygen atoms in total. The first-order valence-electron chi connectivity index (χ1n) is 9.31. The van der Waals surface area contributed by atoms with E-state index in [0.29, 0.717) is 11.4 Å². The number of rotatable bonds is 4. The molecule has 2 aromatic rings. The first kappa shape index (κ1) is 20.2. The van der Waals surface area contributed by atoms with E-state index in [9.17, 15) is 13.2 Å². The van der Waals surface area contributed by atoms with Gasteiger partial charge in [0, 0.05) is 18.7 Å². The van der Waals surface area contributed by atoms with Gasteiger partial charge < -0.3 is 10.1 Å². The van der Waals surface area contributed by atoms with E-state index in [0.717, 1.165) is 16.8 Å². The number of benzene rings is 2. The highest BCUT2D eigenvalue weighted by atomic mass is 32.2. The molecule has 1 aliphatic heterocycles. The van der Waals surface area contributed by atoms with E-state index in [2.05, 4.69) is 19.2 Å². The number of fused-ring (bicyclic) bond motifs is 1. The lowest BCUT2D eigenvalue weighted by molar-refractivity contribution is -0.122. The van der Waals surface area contributed by atoms with E-state index < -0.39 is 16.1 Å². The Morgan fingerprint density at radius 1 is 1.21 bits per heavy atom. The van der Waals surface area contributed by atoms with Crippen LogP contribution in [0.3, 0.4) is 0 Å². The van der Waals surface area contributed by atoms with Gasteiger partial charge in [0.05, 0.1) is 11.9 Å². The van der Waals surface area contributed by atoms with Gasteiger partial charge in [-0.3, -0.25) is 9.10 Å². The zero-order valence-electron chi connectivity index (χ0n) is 16.6. The number of ether oxygens (including phenoxy) is 1. The Bertz CT molecular complexity index is 986. The Morgan fingerprint density at radius 3 is 2.61 bits per heavy atom. The molecule has 0 bridgehead atoms. The van der Waals surface area contributed by atoms with Crippen LogP contribution < -0.4 is 14.4 Å². The van der Waals surface area contributed by atoms with Gasteiger partial charge in [-0.15, -0.1) is 0 Å². The van der Waals surface area contributed by atoms with E-state index in [1.165, 1.54) is 10.6 Å². The van der Waals surface area contributed by atoms with Gasteiger partial charge in [0.2, 0.25) is 10.0 Å². The van der Waals surface area contributed by atoms with Crippen molar-refractivity contribution in [3.05, 3.63) is 53.6 Å². The summed E-state index contributed by atoms with van der Waals surface area (Å²) >= 11 is 0. The van der Waals surface area contributed by atoms with Crippen molar-refractivity contribution in [1.29, 1.82) is 0 Å². The highest BCUT2D eigenvalue weighted by Crippen LogP contribution is 2.35. The second kappa shape index (κ2) is 7.83. The SMILES string of the molecule is Cc1ccc2c(c1)N(S(C)(=O)=O)CC[C@@H](C(=O)Nc1ccccc1C(C)C)O2. The minimum Gasteiger partial charge on any atom is -0.478 e. The molecular formula is C21H26N2O4S. The predicted octanol–water partition coefficient (Wildman–Crippen LogP) is 3.67. The van der Waals surface area contributed by atoms with Gasteiger partial charge in [0.15, 0.2) is 6.10 Å². The molecule has 1 amide bonds. The van der Waals surface area contributed by atoms with Gasteiger partial charge in [0.25, 0.3) is 5.91 Å². The third-order valence-electron chi connectivity index (χ3n) is 4.78. The normalized spacial score (nSPS) is 16.9. The number of carbonyl (C=O) groups is 1. The van der Waals surface area contributed by atoms with Crippen LogP contribution in [0.25, 0.3) is 0 Å². The van der Waals surface area contributed by atoms with E-state index >= 15 is 0 Å². The van der Waals surface area contributed by atoms with Crippen LogP contribution >= 0.6 is 0 Å². The molecule has 1 heterocycles. The maximum absolute atomic E-state index is 12.9. The van der Waals surface area contributed by atoms with Crippen LogP contribution in [0.5, 0.6) is 5.75 Å². The van der Waals surface area contributed by atoms with Crippen LogP contribution in [0.15, 0.2) is 42.5 Å². The van der Waals surface area contributed by atoms with Crippen LogP contribution in [-0.4, -0.2) is 33.2 Å². The Hall–Kier alpha value is -2.54. The zero-order chi connectivity index (χ0) is 20.5. The number of sulfonamides is 1. The minimum absolute atomic E-state index is 0.180. The molecule has 1 aliphatic rings. The van der Waals surface area contributed by atoms with Crippen molar-refractivity contribution in [3.63, 3.8) is 0 Å². The van der Waals surface area contributed by atoms with Crippen molar-refractivity contribution in [2.75, 3.05) is 22.4 Å². The molecule has 3 rings (SSSR count). The van der Waals surface area contributed by atoms with E-state index in [-0.39, 0.29) is 24.8 Å². The van der Waals surface area contributed by atoms with Crippen LogP contribution in [0.4, 0.5) is 11.4 Å². The molecule has 0 spiro atoms. The molecule has 1 N–H and O–H groups in total. The standard InChI is InChI=1S/C21H26N2O4S/c1-14(2)16-7-5-6-8-17(16)22-21(24)20-11-12-23(28(4,25)26)18-13-15(3)9-10-19(18)27-20/h5-10,13-14,20H,11-12H2,1-4H3,(H,22,24)/t20-/m0/s1. The summed E-state index contributed by atoms with van der Waals surface area (Å²) in [5, 5.41) is 2.95. The molecule has 0 aliphatic carbocycles. The number of anilines is 2. The van der Waals surface area contributed by atoms with E-state index in [1.54, 1.807) is 12.1 Å². The number of amides is 1. The molecule has 28 heavy (non-hydrogen) atoms. The number of para-hydroxylation sites is 1. The lowest BCUT2D eigenvalue weighted by Crippen LogP contribution is -2.36. The monoisotopic (exact) mass is 402 g/mol. The summed E-state index contributed by atoms with van der Waals surface area (Å²) in [6.07, 6.45) is 0.642. The smallest absolute Gasteiger partial charge is 0.265 e. The van der Waals surface area contributed by atoms with Crippen LogP contribution in [0, 0.1) is 6.92 Å². The molecule has 1 atom stereocenters. The van der Waals surface area contributed by atoms with Crippen LogP contribution in [-0.2, 0) is 14.8 Å². The fraction of sp³-hybridized carbons (Fsp3) is 0.381. The van der Waals surface area contributed by atoms with Gasteiger partial charge in [-0.1, -0.05) is 38.1 Å². The molecule has 0 fully saturated rings. The number of aryl methyl sites for hydroxylation is 1. The molecule has 0 unspecified atom stereocenters. The number of nitrogens with one attached hydrogen (secondary N) is 1. The molecule has 0 aromatic heterocycles. The topological polar surface area (TPSA) is 75.7 Å². The second-order valence-corrected chi connectivity index (χ2v) is 9.34. The number of hydrogen-bond acceptors (Lipinski definition) is 4. The van der Waals surface area contributed by atoms with Gasteiger partial charge >= 0.3 is 0 Å². The first-order chi connectivity index (χ1) is 13.2. The van der Waals surface area contributed by atoms with Crippen molar-refractivity contribution < 1.29 is 17.9 Å². The lowest BCUT2D eigenvalue weighted by Gasteiger charge is -2.21. The summed E-state index contributed by atoms with van der Waals surface area (Å²) in [4.78, 5) is 12.9. The van der Waals surface area contributed by atoms with Crippen molar-refractivity contribution in [2.45, 2.75) is 39.2 Å². The predicted molar refractivity (Wildman–Crippen MR) is 112 cm³/mol. The molecule has 7 heteroatoms. The highest BCUT2D eigenvalue weighted by Gasteiger charge is 2.31. The van der Waals surface area contributed by atoms with Crippen molar-refractivity contribution >= 4 is 27.3 Å². The highest BCUT2D eigenvalue weighted by molar-refractivity contribution is 7.92. The van der Waals surface area contributed by atoms with E-state index in [4.69, 9.17) is 4.74 Å². The number of hydrogen-bond donors (Lipinski definition) is 1. The van der Waals surface area contributed by atoms with Crippen molar-refractivity contribution in [3.8, 4) is 5.75 Å². The summed E-state index contributed by atoms with van der Waals surface area (Å²) in [5.41, 5.74) is 3.18. The lowest BCUT2D eigenvalue weighted by atomic mass is 10.0. The quantitative estimate of drug-likeness (QED) is 0.847. The fourth-order valence-electron chi connectivity index (χ4n) is 3.35. The molecule has 0 saturated heterocycles. The zero-order valence-corrected chi connectivity index (χ0v) is 17.4. The first-order valence-corrected chi connectivity index (χ1v) is 11.2. The average molecular weight is 403 g/mol. The molecular weight excluding hydrogens is 376 g/mol. The number of carbonyl (C=O) groups excluding carboxylic acids is 1. The largest absolute Gasteiger partial charge is 0.478 e. The van der Waals surface area contributed by atoms with Crippen molar-refractivity contribution in [1.82, 2.24) is 0 Å². The summed E-state index contributed by atoms with van der Waals surface area (Å²) in [6.45, 7) is 6.20. The third kappa shape index (κ3) is 4.30. The summed E-state index contributed by atoms with van der Waals surface area (Å²) in [5.74, 6) is 0.372. The average Bonchev–Trinajstić information content (AvgIpc) is 2.81. The van der Waals surface area contributed by atoms with Gasteiger partial charge in [-0.2, -0.15) is 0 Å². The Morgan fingerprint density at radius 2 is 1.93 bits per heavy atom. The molecule has 2 aromatic carbocycles. The van der Waals surface area contributed by atoms with Crippen LogP contribution in [0.1, 0.15) is 37.3 Å². The van der Waals surface area contributed by atoms with Gasteiger partial charge in [-0.05, 0) is 42.2 Å². The summed E-state index contributed by atoms with van der Waals surface area (Å²) in [6, 6.07) is 13.0. The Balaban J connectivity index is 1.89. The number of nitrogens with zero attached hydrogens (tertiary/aromatic N) is 1.